The van der Waals surface area contributed by atoms with Crippen molar-refractivity contribution in [3.05, 3.63) is 0 Å². The van der Waals surface area contributed by atoms with Gasteiger partial charge in [0.15, 0.2) is 0 Å². The lowest BCUT2D eigenvalue weighted by molar-refractivity contribution is 0.381. The molecule has 0 aliphatic rings. The molecule has 0 unspecified atom stereocenters. The minimum absolute atomic E-state index is 0.162. The maximum atomic E-state index is 5.08. The van der Waals surface area contributed by atoms with Gasteiger partial charge in [-0.3, -0.25) is 0 Å². The van der Waals surface area contributed by atoms with Crippen molar-refractivity contribution in [2.75, 3.05) is 13.6 Å². The second-order valence-corrected chi connectivity index (χ2v) is 4.24. The third-order valence-electron chi connectivity index (χ3n) is 1.58. The van der Waals surface area contributed by atoms with Gasteiger partial charge in [-0.2, -0.15) is 0 Å². The van der Waals surface area contributed by atoms with Crippen LogP contribution in [-0.4, -0.2) is 24.1 Å². The van der Waals surface area contributed by atoms with Crippen molar-refractivity contribution < 1.29 is 0 Å². The number of rotatable bonds is 5. The molecule has 0 aliphatic heterocycles. The van der Waals surface area contributed by atoms with E-state index in [1.807, 2.05) is 7.05 Å². The van der Waals surface area contributed by atoms with Crippen LogP contribution in [0.4, 0.5) is 0 Å². The summed E-state index contributed by atoms with van der Waals surface area (Å²) < 4.78 is 0. The van der Waals surface area contributed by atoms with Crippen molar-refractivity contribution in [3.63, 3.8) is 0 Å². The Bertz CT molecular complexity index is 166. The molecule has 0 bridgehead atoms. The van der Waals surface area contributed by atoms with Crippen molar-refractivity contribution in [3.8, 4) is 0 Å². The standard InChI is InChI=1S/C8H16N2S2/c1-8(2,5-10-6-11)4-7(12)9-3/h6H,4-5H2,1-3H3,(H,9,12)(H,10,11). The molecule has 4 heteroatoms. The van der Waals surface area contributed by atoms with Crippen molar-refractivity contribution in [1.29, 1.82) is 0 Å². The van der Waals surface area contributed by atoms with Crippen LogP contribution in [0.25, 0.3) is 0 Å². The Kier molecular flexibility index (Phi) is 5.33. The van der Waals surface area contributed by atoms with Gasteiger partial charge in [0.25, 0.3) is 0 Å². The summed E-state index contributed by atoms with van der Waals surface area (Å²) in [6, 6.07) is 0. The van der Waals surface area contributed by atoms with E-state index >= 15 is 0 Å². The Balaban J connectivity index is 3.85. The first-order chi connectivity index (χ1) is 5.52. The lowest BCUT2D eigenvalue weighted by Crippen LogP contribution is -2.32. The second-order valence-electron chi connectivity index (χ2n) is 3.51. The first-order valence-corrected chi connectivity index (χ1v) is 4.77. The van der Waals surface area contributed by atoms with Crippen LogP contribution in [0, 0.1) is 5.41 Å². The summed E-state index contributed by atoms with van der Waals surface area (Å²) >= 11 is 9.76. The number of hydrogen-bond donors (Lipinski definition) is 2. The summed E-state index contributed by atoms with van der Waals surface area (Å²) in [4.78, 5) is 0.895. The van der Waals surface area contributed by atoms with Gasteiger partial charge < -0.3 is 10.6 Å². The molecule has 0 atom stereocenters. The van der Waals surface area contributed by atoms with Crippen LogP contribution < -0.4 is 10.6 Å². The Hall–Kier alpha value is -0.220. The molecule has 0 rings (SSSR count). The highest BCUT2D eigenvalue weighted by Gasteiger charge is 2.18. The molecule has 0 aromatic heterocycles. The molecule has 0 spiro atoms. The fraction of sp³-hybridized carbons (Fsp3) is 0.750. The van der Waals surface area contributed by atoms with E-state index in [4.69, 9.17) is 12.2 Å². The summed E-state index contributed by atoms with van der Waals surface area (Å²) in [7, 11) is 1.85. The van der Waals surface area contributed by atoms with Gasteiger partial charge in [0.05, 0.1) is 10.5 Å². The minimum Gasteiger partial charge on any atom is -0.383 e. The Labute approximate surface area is 85.1 Å². The van der Waals surface area contributed by atoms with Crippen LogP contribution in [0.3, 0.4) is 0 Å². The van der Waals surface area contributed by atoms with Gasteiger partial charge >= 0.3 is 0 Å². The molecule has 0 aromatic rings. The summed E-state index contributed by atoms with van der Waals surface area (Å²) in [5.74, 6) is 0. The predicted molar refractivity (Wildman–Crippen MR) is 61.7 cm³/mol. The first-order valence-electron chi connectivity index (χ1n) is 3.89. The van der Waals surface area contributed by atoms with E-state index in [1.54, 1.807) is 5.49 Å². The lowest BCUT2D eigenvalue weighted by Gasteiger charge is -2.24. The summed E-state index contributed by atoms with van der Waals surface area (Å²) in [5.41, 5.74) is 1.71. The van der Waals surface area contributed by atoms with E-state index < -0.39 is 0 Å². The van der Waals surface area contributed by atoms with Crippen molar-refractivity contribution in [2.45, 2.75) is 20.3 Å². The molecule has 0 aliphatic carbocycles. The van der Waals surface area contributed by atoms with Crippen LogP contribution in [-0.2, 0) is 0 Å². The molecule has 0 aromatic carbocycles. The molecule has 2 nitrogen and oxygen atoms in total. The Morgan fingerprint density at radius 3 is 2.50 bits per heavy atom. The Morgan fingerprint density at radius 2 is 2.08 bits per heavy atom. The van der Waals surface area contributed by atoms with Gasteiger partial charge in [0.2, 0.25) is 0 Å². The van der Waals surface area contributed by atoms with Gasteiger partial charge in [-0.05, 0) is 5.41 Å². The van der Waals surface area contributed by atoms with Gasteiger partial charge in [0.1, 0.15) is 0 Å². The topological polar surface area (TPSA) is 24.1 Å². The molecular weight excluding hydrogens is 188 g/mol. The maximum absolute atomic E-state index is 5.08. The maximum Gasteiger partial charge on any atom is 0.0756 e. The van der Waals surface area contributed by atoms with E-state index in [2.05, 4.69) is 36.7 Å². The highest BCUT2D eigenvalue weighted by molar-refractivity contribution is 7.80. The molecular formula is C8H16N2S2. The van der Waals surface area contributed by atoms with Crippen molar-refractivity contribution in [2.24, 2.45) is 5.41 Å². The highest BCUT2D eigenvalue weighted by atomic mass is 32.1. The third-order valence-corrected chi connectivity index (χ3v) is 2.10. The number of thiocarbonyl (C=S) groups is 2. The smallest absolute Gasteiger partial charge is 0.0756 e. The Morgan fingerprint density at radius 1 is 1.50 bits per heavy atom. The largest absolute Gasteiger partial charge is 0.383 e. The van der Waals surface area contributed by atoms with E-state index in [-0.39, 0.29) is 5.41 Å². The summed E-state index contributed by atoms with van der Waals surface area (Å²) in [5, 5.41) is 5.99. The van der Waals surface area contributed by atoms with E-state index in [1.165, 1.54) is 0 Å². The third kappa shape index (κ3) is 5.43. The quantitative estimate of drug-likeness (QED) is 0.663. The number of hydrogen-bond acceptors (Lipinski definition) is 2. The van der Waals surface area contributed by atoms with E-state index in [0.717, 1.165) is 18.0 Å². The van der Waals surface area contributed by atoms with Gasteiger partial charge in [0, 0.05) is 20.0 Å². The van der Waals surface area contributed by atoms with Crippen LogP contribution >= 0.6 is 24.4 Å². The molecule has 70 valence electrons. The lowest BCUT2D eigenvalue weighted by atomic mass is 9.89. The summed E-state index contributed by atoms with van der Waals surface area (Å²) in [6.07, 6.45) is 0.884. The highest BCUT2D eigenvalue weighted by Crippen LogP contribution is 2.18. The fourth-order valence-electron chi connectivity index (χ4n) is 0.903. The van der Waals surface area contributed by atoms with E-state index in [0.29, 0.717) is 0 Å². The molecule has 0 amide bonds. The first kappa shape index (κ1) is 11.8. The fourth-order valence-corrected chi connectivity index (χ4v) is 1.38. The molecule has 2 N–H and O–H groups in total. The molecule has 12 heavy (non-hydrogen) atoms. The zero-order valence-corrected chi connectivity index (χ0v) is 9.44. The normalized spacial score (nSPS) is 10.6. The van der Waals surface area contributed by atoms with Crippen LogP contribution in [0.5, 0.6) is 0 Å². The second kappa shape index (κ2) is 5.43. The molecule has 0 saturated carbocycles. The molecule has 0 radical (unpaired) electrons. The van der Waals surface area contributed by atoms with Crippen LogP contribution in [0.15, 0.2) is 0 Å². The summed E-state index contributed by atoms with van der Waals surface area (Å²) in [6.45, 7) is 5.17. The SMILES string of the molecule is CNC(=S)CC(C)(C)CNC=S. The zero-order chi connectivity index (χ0) is 9.61. The van der Waals surface area contributed by atoms with Gasteiger partial charge in [-0.25, -0.2) is 0 Å². The molecule has 0 heterocycles. The van der Waals surface area contributed by atoms with Gasteiger partial charge in [-0.15, -0.1) is 0 Å². The van der Waals surface area contributed by atoms with Crippen molar-refractivity contribution >= 4 is 34.9 Å². The minimum atomic E-state index is 0.162. The monoisotopic (exact) mass is 204 g/mol. The van der Waals surface area contributed by atoms with E-state index in [9.17, 15) is 0 Å². The zero-order valence-electron chi connectivity index (χ0n) is 7.81. The number of nitrogens with one attached hydrogen (secondary N) is 2. The predicted octanol–water partition coefficient (Wildman–Crippen LogP) is 1.50. The van der Waals surface area contributed by atoms with Crippen LogP contribution in [0.1, 0.15) is 20.3 Å². The average Bonchev–Trinajstić information content (AvgIpc) is 2.00. The van der Waals surface area contributed by atoms with Gasteiger partial charge in [-0.1, -0.05) is 38.3 Å². The average molecular weight is 204 g/mol. The van der Waals surface area contributed by atoms with Crippen LogP contribution in [0.2, 0.25) is 0 Å². The molecule has 0 saturated heterocycles. The molecule has 0 fully saturated rings. The van der Waals surface area contributed by atoms with Crippen molar-refractivity contribution in [1.82, 2.24) is 10.6 Å².